The van der Waals surface area contributed by atoms with Crippen LogP contribution in [0.2, 0.25) is 0 Å². The molecule has 1 aliphatic rings. The second-order valence-electron chi connectivity index (χ2n) is 4.11. The standard InChI is InChI=1S/C14H13NO3S/c1-2-17-14(16)13-15-10-7-8-18-11-6-4-3-5-9(11)12(10)19-13/h3-6H,2,7-8H2,1H3. The molecule has 1 aromatic heterocycles. The van der Waals surface area contributed by atoms with Crippen LogP contribution in [0.1, 0.15) is 22.4 Å². The quantitative estimate of drug-likeness (QED) is 0.791. The molecule has 0 unspecified atom stereocenters. The average molecular weight is 275 g/mol. The van der Waals surface area contributed by atoms with Crippen LogP contribution in [0.3, 0.4) is 0 Å². The number of para-hydroxylation sites is 1. The molecule has 19 heavy (non-hydrogen) atoms. The molecule has 98 valence electrons. The van der Waals surface area contributed by atoms with Gasteiger partial charge < -0.3 is 9.47 Å². The van der Waals surface area contributed by atoms with E-state index in [-0.39, 0.29) is 5.97 Å². The molecule has 0 amide bonds. The van der Waals surface area contributed by atoms with Crippen molar-refractivity contribution in [1.82, 2.24) is 4.98 Å². The lowest BCUT2D eigenvalue weighted by Gasteiger charge is -2.05. The van der Waals surface area contributed by atoms with Gasteiger partial charge in [-0.3, -0.25) is 0 Å². The summed E-state index contributed by atoms with van der Waals surface area (Å²) in [5.74, 6) is 0.499. The highest BCUT2D eigenvalue weighted by atomic mass is 32.1. The lowest BCUT2D eigenvalue weighted by Crippen LogP contribution is -2.05. The Morgan fingerprint density at radius 3 is 3.16 bits per heavy atom. The van der Waals surface area contributed by atoms with Crippen LogP contribution in [0.15, 0.2) is 24.3 Å². The van der Waals surface area contributed by atoms with E-state index in [0.717, 1.165) is 21.9 Å². The molecule has 0 saturated carbocycles. The normalized spacial score (nSPS) is 12.9. The third-order valence-corrected chi connectivity index (χ3v) is 3.99. The summed E-state index contributed by atoms with van der Waals surface area (Å²) in [4.78, 5) is 17.2. The van der Waals surface area contributed by atoms with Crippen molar-refractivity contribution in [2.45, 2.75) is 13.3 Å². The largest absolute Gasteiger partial charge is 0.493 e. The van der Waals surface area contributed by atoms with Crippen LogP contribution in [-0.4, -0.2) is 24.2 Å². The zero-order valence-corrected chi connectivity index (χ0v) is 11.3. The molecular weight excluding hydrogens is 262 g/mol. The van der Waals surface area contributed by atoms with E-state index >= 15 is 0 Å². The van der Waals surface area contributed by atoms with Gasteiger partial charge in [0.2, 0.25) is 5.01 Å². The van der Waals surface area contributed by atoms with Gasteiger partial charge >= 0.3 is 5.97 Å². The summed E-state index contributed by atoms with van der Waals surface area (Å²) in [6.45, 7) is 2.73. The molecule has 0 radical (unpaired) electrons. The second kappa shape index (κ2) is 5.01. The maximum Gasteiger partial charge on any atom is 0.367 e. The molecule has 1 aromatic carbocycles. The third kappa shape index (κ3) is 2.21. The van der Waals surface area contributed by atoms with Crippen molar-refractivity contribution in [2.24, 2.45) is 0 Å². The Kier molecular flexibility index (Phi) is 3.21. The Labute approximate surface area is 115 Å². The topological polar surface area (TPSA) is 48.4 Å². The first kappa shape index (κ1) is 12.2. The molecule has 0 bridgehead atoms. The lowest BCUT2D eigenvalue weighted by molar-refractivity contribution is 0.0525. The van der Waals surface area contributed by atoms with Gasteiger partial charge in [-0.05, 0) is 19.1 Å². The molecule has 0 spiro atoms. The fourth-order valence-corrected chi connectivity index (χ4v) is 3.09. The van der Waals surface area contributed by atoms with E-state index in [1.54, 1.807) is 6.92 Å². The molecule has 1 aliphatic heterocycles. The Balaban J connectivity index is 2.06. The monoisotopic (exact) mass is 275 g/mol. The van der Waals surface area contributed by atoms with E-state index in [9.17, 15) is 4.79 Å². The molecule has 2 aromatic rings. The van der Waals surface area contributed by atoms with Gasteiger partial charge in [0, 0.05) is 12.0 Å². The summed E-state index contributed by atoms with van der Waals surface area (Å²) < 4.78 is 10.7. The number of hydrogen-bond acceptors (Lipinski definition) is 5. The van der Waals surface area contributed by atoms with Crippen LogP contribution in [0, 0.1) is 0 Å². The molecule has 0 aliphatic carbocycles. The maximum absolute atomic E-state index is 11.8. The van der Waals surface area contributed by atoms with E-state index in [2.05, 4.69) is 4.98 Å². The highest BCUT2D eigenvalue weighted by molar-refractivity contribution is 7.17. The molecule has 0 saturated heterocycles. The zero-order chi connectivity index (χ0) is 13.2. The number of nitrogens with zero attached hydrogens (tertiary/aromatic N) is 1. The number of benzene rings is 1. The summed E-state index contributed by atoms with van der Waals surface area (Å²) >= 11 is 1.37. The van der Waals surface area contributed by atoms with E-state index < -0.39 is 0 Å². The number of rotatable bonds is 2. The molecule has 4 nitrogen and oxygen atoms in total. The van der Waals surface area contributed by atoms with Crippen LogP contribution in [-0.2, 0) is 11.2 Å². The zero-order valence-electron chi connectivity index (χ0n) is 10.5. The molecular formula is C14H13NO3S. The van der Waals surface area contributed by atoms with Gasteiger partial charge in [0.05, 0.1) is 23.8 Å². The fourth-order valence-electron chi connectivity index (χ4n) is 2.05. The number of aromatic nitrogens is 1. The highest BCUT2D eigenvalue weighted by Gasteiger charge is 2.22. The van der Waals surface area contributed by atoms with Crippen LogP contribution in [0.4, 0.5) is 0 Å². The van der Waals surface area contributed by atoms with E-state index in [0.29, 0.717) is 24.6 Å². The second-order valence-corrected chi connectivity index (χ2v) is 5.11. The molecule has 0 fully saturated rings. The SMILES string of the molecule is CCOC(=O)c1nc2c(s1)-c1ccccc1OCC2. The Hall–Kier alpha value is -1.88. The van der Waals surface area contributed by atoms with Crippen LogP contribution < -0.4 is 4.74 Å². The number of ether oxygens (including phenoxy) is 2. The lowest BCUT2D eigenvalue weighted by atomic mass is 10.1. The van der Waals surface area contributed by atoms with Gasteiger partial charge in [0.15, 0.2) is 0 Å². The highest BCUT2D eigenvalue weighted by Crippen LogP contribution is 2.38. The summed E-state index contributed by atoms with van der Waals surface area (Å²) in [6, 6.07) is 7.83. The predicted octanol–water partition coefficient (Wildman–Crippen LogP) is 2.92. The maximum atomic E-state index is 11.8. The van der Waals surface area contributed by atoms with Crippen molar-refractivity contribution in [1.29, 1.82) is 0 Å². The molecule has 0 N–H and O–H groups in total. The van der Waals surface area contributed by atoms with Crippen LogP contribution in [0.25, 0.3) is 10.4 Å². The first-order valence-electron chi connectivity index (χ1n) is 6.18. The van der Waals surface area contributed by atoms with Crippen molar-refractivity contribution in [2.75, 3.05) is 13.2 Å². The van der Waals surface area contributed by atoms with E-state index in [1.165, 1.54) is 11.3 Å². The predicted molar refractivity (Wildman–Crippen MR) is 72.7 cm³/mol. The Bertz CT molecular complexity index is 621. The number of carbonyl (C=O) groups excluding carboxylic acids is 1. The first-order valence-corrected chi connectivity index (χ1v) is 7.00. The van der Waals surface area contributed by atoms with Crippen molar-refractivity contribution in [3.05, 3.63) is 35.0 Å². The number of carbonyl (C=O) groups is 1. The number of esters is 1. The number of fused-ring (bicyclic) bond motifs is 3. The van der Waals surface area contributed by atoms with Gasteiger partial charge in [-0.1, -0.05) is 12.1 Å². The van der Waals surface area contributed by atoms with Gasteiger partial charge in [0.25, 0.3) is 0 Å². The smallest absolute Gasteiger partial charge is 0.367 e. The van der Waals surface area contributed by atoms with Gasteiger partial charge in [-0.25, -0.2) is 9.78 Å². The van der Waals surface area contributed by atoms with Crippen molar-refractivity contribution >= 4 is 17.3 Å². The van der Waals surface area contributed by atoms with Crippen molar-refractivity contribution in [3.63, 3.8) is 0 Å². The van der Waals surface area contributed by atoms with E-state index in [4.69, 9.17) is 9.47 Å². The molecule has 2 heterocycles. The minimum atomic E-state index is -0.348. The van der Waals surface area contributed by atoms with Crippen molar-refractivity contribution < 1.29 is 14.3 Å². The van der Waals surface area contributed by atoms with Gasteiger partial charge in [0.1, 0.15) is 5.75 Å². The average Bonchev–Trinajstić information content (AvgIpc) is 2.77. The minimum absolute atomic E-state index is 0.348. The number of hydrogen-bond donors (Lipinski definition) is 0. The molecule has 0 atom stereocenters. The summed E-state index contributed by atoms with van der Waals surface area (Å²) in [5.41, 5.74) is 1.92. The summed E-state index contributed by atoms with van der Waals surface area (Å²) in [7, 11) is 0. The fraction of sp³-hybridized carbons (Fsp3) is 0.286. The summed E-state index contributed by atoms with van der Waals surface area (Å²) in [5, 5.41) is 0.420. The summed E-state index contributed by atoms with van der Waals surface area (Å²) in [6.07, 6.45) is 0.708. The third-order valence-electron chi connectivity index (χ3n) is 2.88. The van der Waals surface area contributed by atoms with Crippen LogP contribution >= 0.6 is 11.3 Å². The van der Waals surface area contributed by atoms with E-state index in [1.807, 2.05) is 24.3 Å². The van der Waals surface area contributed by atoms with Crippen LogP contribution in [0.5, 0.6) is 5.75 Å². The van der Waals surface area contributed by atoms with Gasteiger partial charge in [-0.2, -0.15) is 0 Å². The minimum Gasteiger partial charge on any atom is -0.493 e. The molecule has 5 heteroatoms. The first-order chi connectivity index (χ1) is 9.29. The Morgan fingerprint density at radius 2 is 2.32 bits per heavy atom. The van der Waals surface area contributed by atoms with Gasteiger partial charge in [-0.15, -0.1) is 11.3 Å². The number of thiazole rings is 1. The molecule has 3 rings (SSSR count). The Morgan fingerprint density at radius 1 is 1.47 bits per heavy atom. The van der Waals surface area contributed by atoms with Crippen molar-refractivity contribution in [3.8, 4) is 16.2 Å².